The lowest BCUT2D eigenvalue weighted by atomic mass is 9.78. The van der Waals surface area contributed by atoms with Gasteiger partial charge in [-0.15, -0.1) is 0 Å². The highest BCUT2D eigenvalue weighted by Gasteiger charge is 2.46. The van der Waals surface area contributed by atoms with E-state index in [9.17, 15) is 14.4 Å². The Kier molecular flexibility index (Phi) is 7.85. The summed E-state index contributed by atoms with van der Waals surface area (Å²) in [4.78, 5) is 40.0. The first kappa shape index (κ1) is 23.0. The van der Waals surface area contributed by atoms with Gasteiger partial charge < -0.3 is 15.5 Å². The number of rotatable bonds is 7. The number of nitrogens with zero attached hydrogens (tertiary/aromatic N) is 1. The minimum atomic E-state index is -0.962. The summed E-state index contributed by atoms with van der Waals surface area (Å²) in [5.74, 6) is -0.710. The van der Waals surface area contributed by atoms with E-state index in [4.69, 9.17) is 0 Å². The summed E-state index contributed by atoms with van der Waals surface area (Å²) in [6.07, 6.45) is 3.95. The molecule has 0 aliphatic heterocycles. The van der Waals surface area contributed by atoms with Crippen LogP contribution in [0, 0.1) is 0 Å². The summed E-state index contributed by atoms with van der Waals surface area (Å²) in [7, 11) is 0. The van der Waals surface area contributed by atoms with Crippen molar-refractivity contribution in [2.45, 2.75) is 51.1 Å². The summed E-state index contributed by atoms with van der Waals surface area (Å²) in [5, 5.41) is 5.62. The monoisotopic (exact) mass is 485 g/mol. The second-order valence-electron chi connectivity index (χ2n) is 7.93. The average molecular weight is 486 g/mol. The molecule has 31 heavy (non-hydrogen) atoms. The van der Waals surface area contributed by atoms with Crippen LogP contribution in [0.2, 0.25) is 0 Å². The maximum absolute atomic E-state index is 13.6. The lowest BCUT2D eigenvalue weighted by Crippen LogP contribution is -2.61. The van der Waals surface area contributed by atoms with Gasteiger partial charge in [-0.25, -0.2) is 0 Å². The molecule has 6 nitrogen and oxygen atoms in total. The summed E-state index contributed by atoms with van der Waals surface area (Å²) >= 11 is 3.41. The normalized spacial score (nSPS) is 15.0. The van der Waals surface area contributed by atoms with E-state index in [0.29, 0.717) is 25.1 Å². The van der Waals surface area contributed by atoms with Crippen LogP contribution >= 0.6 is 15.9 Å². The lowest BCUT2D eigenvalue weighted by Gasteiger charge is -2.45. The topological polar surface area (TPSA) is 78.5 Å². The molecule has 1 saturated carbocycles. The van der Waals surface area contributed by atoms with Crippen LogP contribution in [0.3, 0.4) is 0 Å². The van der Waals surface area contributed by atoms with Crippen molar-refractivity contribution in [1.82, 2.24) is 10.2 Å². The molecule has 0 unspecified atom stereocenters. The van der Waals surface area contributed by atoms with Crippen LogP contribution < -0.4 is 10.6 Å². The molecule has 2 aromatic carbocycles. The Morgan fingerprint density at radius 3 is 2.23 bits per heavy atom. The summed E-state index contributed by atoms with van der Waals surface area (Å²) in [6, 6.07) is 17.0. The van der Waals surface area contributed by atoms with Crippen LogP contribution in [0.1, 0.15) is 44.6 Å². The molecule has 0 atom stereocenters. The fourth-order valence-electron chi connectivity index (χ4n) is 4.08. The van der Waals surface area contributed by atoms with Crippen LogP contribution in [-0.4, -0.2) is 34.7 Å². The number of carbonyl (C=O) groups excluding carboxylic acids is 3. The quantitative estimate of drug-likeness (QED) is 0.614. The van der Waals surface area contributed by atoms with E-state index < -0.39 is 5.54 Å². The van der Waals surface area contributed by atoms with E-state index in [-0.39, 0.29) is 24.3 Å². The smallest absolute Gasteiger partial charge is 0.250 e. The number of hydrogen-bond donors (Lipinski definition) is 2. The Hall–Kier alpha value is -2.67. The second-order valence-corrected chi connectivity index (χ2v) is 8.84. The molecule has 1 aliphatic rings. The highest BCUT2D eigenvalue weighted by Crippen LogP contribution is 2.36. The highest BCUT2D eigenvalue weighted by atomic mass is 79.9. The molecule has 3 amide bonds. The molecule has 164 valence electrons. The van der Waals surface area contributed by atoms with E-state index in [1.54, 1.807) is 4.90 Å². The van der Waals surface area contributed by atoms with Gasteiger partial charge in [-0.05, 0) is 42.7 Å². The molecule has 3 rings (SSSR count). The van der Waals surface area contributed by atoms with E-state index in [1.807, 2.05) is 54.6 Å². The third-order valence-corrected chi connectivity index (χ3v) is 6.22. The Morgan fingerprint density at radius 1 is 0.968 bits per heavy atom. The van der Waals surface area contributed by atoms with Crippen molar-refractivity contribution in [1.29, 1.82) is 0 Å². The number of anilines is 1. The summed E-state index contributed by atoms with van der Waals surface area (Å²) in [6.45, 7) is 1.56. The Labute approximate surface area is 191 Å². The van der Waals surface area contributed by atoms with Crippen LogP contribution in [-0.2, 0) is 20.9 Å². The van der Waals surface area contributed by atoms with Gasteiger partial charge in [0.25, 0.3) is 0 Å². The van der Waals surface area contributed by atoms with Crippen LogP contribution in [0.15, 0.2) is 59.1 Å². The number of benzene rings is 2. The van der Waals surface area contributed by atoms with Crippen molar-refractivity contribution < 1.29 is 14.4 Å². The van der Waals surface area contributed by atoms with Crippen LogP contribution in [0.4, 0.5) is 5.69 Å². The van der Waals surface area contributed by atoms with E-state index in [0.717, 1.165) is 29.3 Å². The van der Waals surface area contributed by atoms with Crippen molar-refractivity contribution in [2.24, 2.45) is 0 Å². The van der Waals surface area contributed by atoms with Crippen molar-refractivity contribution in [3.8, 4) is 0 Å². The number of amides is 3. The molecule has 2 aromatic rings. The number of hydrogen-bond acceptors (Lipinski definition) is 3. The molecule has 0 spiro atoms. The fourth-order valence-corrected chi connectivity index (χ4v) is 4.34. The van der Waals surface area contributed by atoms with Crippen molar-refractivity contribution in [3.63, 3.8) is 0 Å². The first-order valence-corrected chi connectivity index (χ1v) is 11.4. The molecular weight excluding hydrogens is 458 g/mol. The Balaban J connectivity index is 1.93. The molecule has 0 radical (unpaired) electrons. The second kappa shape index (κ2) is 10.6. The molecule has 0 aromatic heterocycles. The van der Waals surface area contributed by atoms with Gasteiger partial charge in [0.05, 0.1) is 6.54 Å². The van der Waals surface area contributed by atoms with Crippen molar-refractivity contribution in [3.05, 3.63) is 64.6 Å². The number of carbonyl (C=O) groups is 3. The van der Waals surface area contributed by atoms with Gasteiger partial charge in [0.1, 0.15) is 5.54 Å². The first-order chi connectivity index (χ1) is 14.9. The summed E-state index contributed by atoms with van der Waals surface area (Å²) in [5.41, 5.74) is 0.670. The number of nitrogens with one attached hydrogen (secondary N) is 2. The molecule has 0 bridgehead atoms. The minimum Gasteiger partial charge on any atom is -0.347 e. The van der Waals surface area contributed by atoms with E-state index in [2.05, 4.69) is 26.6 Å². The van der Waals surface area contributed by atoms with Crippen molar-refractivity contribution >= 4 is 39.3 Å². The zero-order valence-electron chi connectivity index (χ0n) is 17.7. The van der Waals surface area contributed by atoms with Gasteiger partial charge in [0.15, 0.2) is 0 Å². The molecule has 7 heteroatoms. The predicted octanol–water partition coefficient (Wildman–Crippen LogP) is 4.26. The molecule has 1 aliphatic carbocycles. The fraction of sp³-hybridized carbons (Fsp3) is 0.375. The molecular formula is C24H28BrN3O3. The van der Waals surface area contributed by atoms with Gasteiger partial charge in [-0.1, -0.05) is 65.5 Å². The Morgan fingerprint density at radius 2 is 1.61 bits per heavy atom. The summed E-state index contributed by atoms with van der Waals surface area (Å²) < 4.78 is 0.925. The van der Waals surface area contributed by atoms with E-state index in [1.165, 1.54) is 6.92 Å². The minimum absolute atomic E-state index is 0.129. The largest absolute Gasteiger partial charge is 0.347 e. The average Bonchev–Trinajstić information content (AvgIpc) is 2.78. The van der Waals surface area contributed by atoms with Crippen LogP contribution in [0.25, 0.3) is 0 Å². The van der Waals surface area contributed by atoms with Gasteiger partial charge in [0.2, 0.25) is 17.7 Å². The van der Waals surface area contributed by atoms with Gasteiger partial charge in [-0.3, -0.25) is 14.4 Å². The maximum Gasteiger partial charge on any atom is 0.250 e. The first-order valence-electron chi connectivity index (χ1n) is 10.6. The maximum atomic E-state index is 13.6. The van der Waals surface area contributed by atoms with Crippen LogP contribution in [0.5, 0.6) is 0 Å². The van der Waals surface area contributed by atoms with Crippen molar-refractivity contribution in [2.75, 3.05) is 11.9 Å². The standard InChI is InChI=1S/C24H28BrN3O3/c1-18(29)26-16-22(30)28(17-19-8-4-2-5-9-19)24(14-6-3-7-15-24)23(31)27-21-12-10-20(25)11-13-21/h2,4-5,8-13H,3,6-7,14-17H2,1H3,(H,26,29)(H,27,31). The number of halogens is 1. The molecule has 0 saturated heterocycles. The molecule has 0 heterocycles. The highest BCUT2D eigenvalue weighted by molar-refractivity contribution is 9.10. The third kappa shape index (κ3) is 5.94. The van der Waals surface area contributed by atoms with E-state index >= 15 is 0 Å². The van der Waals surface area contributed by atoms with Gasteiger partial charge in [-0.2, -0.15) is 0 Å². The zero-order valence-corrected chi connectivity index (χ0v) is 19.3. The van der Waals surface area contributed by atoms with Gasteiger partial charge >= 0.3 is 0 Å². The zero-order chi connectivity index (χ0) is 22.3. The Bertz CT molecular complexity index is 909. The van der Waals surface area contributed by atoms with Gasteiger partial charge in [0, 0.05) is 23.6 Å². The lowest BCUT2D eigenvalue weighted by molar-refractivity contribution is -0.148. The third-order valence-electron chi connectivity index (χ3n) is 5.70. The predicted molar refractivity (Wildman–Crippen MR) is 124 cm³/mol. The molecule has 1 fully saturated rings. The molecule has 2 N–H and O–H groups in total. The SMILES string of the molecule is CC(=O)NCC(=O)N(Cc1ccccc1)C1(C(=O)Nc2ccc(Br)cc2)CCCCC1.